The number of nitrogens with zero attached hydrogens (tertiary/aromatic N) is 5. The van der Waals surface area contributed by atoms with Crippen molar-refractivity contribution in [2.24, 2.45) is 0 Å². The summed E-state index contributed by atoms with van der Waals surface area (Å²) < 4.78 is 6.41. The molecule has 1 aliphatic heterocycles. The number of nitrogens with one attached hydrogen (secondary N) is 1. The Morgan fingerprint density at radius 1 is 0.973 bits per heavy atom. The number of benzene rings is 2. The van der Waals surface area contributed by atoms with E-state index in [9.17, 15) is 9.59 Å². The molecular formula is C26H23BrN6O3S. The largest absolute Gasteiger partial charge is 0.411 e. The second kappa shape index (κ2) is 11.6. The summed E-state index contributed by atoms with van der Waals surface area (Å²) in [5.41, 5.74) is 3.17. The van der Waals surface area contributed by atoms with Gasteiger partial charge in [-0.1, -0.05) is 23.9 Å². The van der Waals surface area contributed by atoms with Gasteiger partial charge in [-0.2, -0.15) is 0 Å². The molecule has 1 aliphatic rings. The lowest BCUT2D eigenvalue weighted by Gasteiger charge is -2.36. The van der Waals surface area contributed by atoms with Gasteiger partial charge in [0.2, 0.25) is 11.8 Å². The van der Waals surface area contributed by atoms with Gasteiger partial charge in [-0.25, -0.2) is 0 Å². The maximum absolute atomic E-state index is 12.8. The summed E-state index contributed by atoms with van der Waals surface area (Å²) in [6.45, 7) is 2.77. The van der Waals surface area contributed by atoms with Crippen LogP contribution in [0.2, 0.25) is 0 Å². The molecule has 0 bridgehead atoms. The van der Waals surface area contributed by atoms with E-state index in [1.54, 1.807) is 18.5 Å². The van der Waals surface area contributed by atoms with Crippen molar-refractivity contribution >= 4 is 50.9 Å². The van der Waals surface area contributed by atoms with Crippen molar-refractivity contribution in [3.05, 3.63) is 83.1 Å². The van der Waals surface area contributed by atoms with Crippen molar-refractivity contribution in [3.63, 3.8) is 0 Å². The minimum Gasteiger partial charge on any atom is -0.411 e. The summed E-state index contributed by atoms with van der Waals surface area (Å²) in [5.74, 6) is 0.379. The minimum atomic E-state index is -0.168. The van der Waals surface area contributed by atoms with Crippen molar-refractivity contribution in [3.8, 4) is 11.5 Å². The number of piperazine rings is 1. The average Bonchev–Trinajstić information content (AvgIpc) is 3.42. The highest BCUT2D eigenvalue weighted by Gasteiger charge is 2.23. The summed E-state index contributed by atoms with van der Waals surface area (Å²) in [4.78, 5) is 33.4. The lowest BCUT2D eigenvalue weighted by molar-refractivity contribution is -0.113. The molecular weight excluding hydrogens is 556 g/mol. The van der Waals surface area contributed by atoms with E-state index in [0.717, 1.165) is 28.8 Å². The van der Waals surface area contributed by atoms with Crippen LogP contribution in [0.5, 0.6) is 0 Å². The summed E-state index contributed by atoms with van der Waals surface area (Å²) in [7, 11) is 0. The molecule has 0 saturated carbocycles. The van der Waals surface area contributed by atoms with E-state index >= 15 is 0 Å². The number of carbonyl (C=O) groups is 2. The van der Waals surface area contributed by atoms with Crippen molar-refractivity contribution in [1.29, 1.82) is 0 Å². The van der Waals surface area contributed by atoms with E-state index in [-0.39, 0.29) is 17.6 Å². The van der Waals surface area contributed by atoms with E-state index in [1.807, 2.05) is 59.5 Å². The number of pyridine rings is 1. The molecule has 3 heterocycles. The molecule has 9 nitrogen and oxygen atoms in total. The second-order valence-electron chi connectivity index (χ2n) is 8.26. The van der Waals surface area contributed by atoms with Gasteiger partial charge in [-0.3, -0.25) is 14.6 Å². The van der Waals surface area contributed by atoms with Gasteiger partial charge in [-0.05, 0) is 64.5 Å². The lowest BCUT2D eigenvalue weighted by Crippen LogP contribution is -2.48. The second-order valence-corrected chi connectivity index (χ2v) is 10.0. The number of carbonyl (C=O) groups excluding carboxylic acids is 2. The summed E-state index contributed by atoms with van der Waals surface area (Å²) in [6.07, 6.45) is 3.31. The van der Waals surface area contributed by atoms with E-state index in [2.05, 4.69) is 41.3 Å². The van der Waals surface area contributed by atoms with Crippen LogP contribution < -0.4 is 10.2 Å². The normalized spacial score (nSPS) is 13.4. The van der Waals surface area contributed by atoms with Crippen molar-refractivity contribution in [2.45, 2.75) is 5.22 Å². The van der Waals surface area contributed by atoms with Crippen LogP contribution in [0.15, 0.2) is 87.2 Å². The van der Waals surface area contributed by atoms with E-state index < -0.39 is 0 Å². The van der Waals surface area contributed by atoms with Gasteiger partial charge < -0.3 is 19.5 Å². The fourth-order valence-corrected chi connectivity index (χ4v) is 4.94. The van der Waals surface area contributed by atoms with Crippen LogP contribution in [-0.2, 0) is 4.79 Å². The van der Waals surface area contributed by atoms with Gasteiger partial charge >= 0.3 is 0 Å². The third-order valence-electron chi connectivity index (χ3n) is 5.83. The Morgan fingerprint density at radius 2 is 1.76 bits per heavy atom. The topological polar surface area (TPSA) is 104 Å². The fourth-order valence-electron chi connectivity index (χ4n) is 3.93. The predicted octanol–water partition coefficient (Wildman–Crippen LogP) is 4.59. The van der Waals surface area contributed by atoms with Gasteiger partial charge in [-0.15, -0.1) is 10.2 Å². The molecule has 1 fully saturated rings. The highest BCUT2D eigenvalue weighted by atomic mass is 79.9. The molecule has 0 atom stereocenters. The molecule has 5 rings (SSSR count). The first kappa shape index (κ1) is 25.0. The zero-order valence-electron chi connectivity index (χ0n) is 19.7. The van der Waals surface area contributed by atoms with E-state index in [1.165, 1.54) is 11.8 Å². The number of hydrogen-bond donors (Lipinski definition) is 1. The van der Waals surface area contributed by atoms with E-state index in [0.29, 0.717) is 35.5 Å². The number of aromatic nitrogens is 3. The Bertz CT molecular complexity index is 1370. The predicted molar refractivity (Wildman–Crippen MR) is 146 cm³/mol. The monoisotopic (exact) mass is 578 g/mol. The highest BCUT2D eigenvalue weighted by molar-refractivity contribution is 9.10. The third kappa shape index (κ3) is 6.17. The van der Waals surface area contributed by atoms with Crippen LogP contribution in [-0.4, -0.2) is 63.8 Å². The average molecular weight is 579 g/mol. The summed E-state index contributed by atoms with van der Waals surface area (Å²) >= 11 is 4.64. The van der Waals surface area contributed by atoms with Crippen molar-refractivity contribution in [2.75, 3.05) is 42.1 Å². The molecule has 2 aromatic carbocycles. The maximum atomic E-state index is 12.8. The SMILES string of the molecule is O=C(CSc1nnc(-c2cccnc2)o1)Nc1ccc(N2CCN(C(=O)c3ccccc3Br)CC2)cc1. The molecule has 2 amide bonds. The van der Waals surface area contributed by atoms with Crippen LogP contribution >= 0.6 is 27.7 Å². The zero-order chi connectivity index (χ0) is 25.6. The Labute approximate surface area is 226 Å². The first-order valence-electron chi connectivity index (χ1n) is 11.6. The summed E-state index contributed by atoms with van der Waals surface area (Å²) in [5, 5.41) is 11.2. The molecule has 0 radical (unpaired) electrons. The Balaban J connectivity index is 1.09. The van der Waals surface area contributed by atoms with Gasteiger partial charge in [0.15, 0.2) is 0 Å². The van der Waals surface area contributed by atoms with Crippen molar-refractivity contribution in [1.82, 2.24) is 20.1 Å². The molecule has 1 saturated heterocycles. The third-order valence-corrected chi connectivity index (χ3v) is 7.34. The van der Waals surface area contributed by atoms with Crippen LogP contribution in [0.1, 0.15) is 10.4 Å². The number of anilines is 2. The van der Waals surface area contributed by atoms with Gasteiger partial charge in [0.1, 0.15) is 0 Å². The minimum absolute atomic E-state index is 0.0388. The fraction of sp³-hybridized carbons (Fsp3) is 0.192. The maximum Gasteiger partial charge on any atom is 0.277 e. The first-order valence-corrected chi connectivity index (χ1v) is 13.4. The number of hydrogen-bond acceptors (Lipinski definition) is 8. The molecule has 1 N–H and O–H groups in total. The number of amides is 2. The standard InChI is InChI=1S/C26H23BrN6O3S/c27-22-6-2-1-5-21(22)25(35)33-14-12-32(13-15-33)20-9-7-19(8-10-20)29-23(34)17-37-26-31-30-24(36-26)18-4-3-11-28-16-18/h1-11,16H,12-15,17H2,(H,29,34). The van der Waals surface area contributed by atoms with Crippen LogP contribution in [0.4, 0.5) is 11.4 Å². The molecule has 37 heavy (non-hydrogen) atoms. The highest BCUT2D eigenvalue weighted by Crippen LogP contribution is 2.24. The summed E-state index contributed by atoms with van der Waals surface area (Å²) in [6, 6.07) is 18.8. The molecule has 2 aromatic heterocycles. The number of rotatable bonds is 7. The quantitative estimate of drug-likeness (QED) is 0.317. The zero-order valence-corrected chi connectivity index (χ0v) is 22.1. The van der Waals surface area contributed by atoms with Crippen LogP contribution in [0.3, 0.4) is 0 Å². The Hall–Kier alpha value is -3.70. The number of thioether (sulfide) groups is 1. The molecule has 4 aromatic rings. The molecule has 0 aliphatic carbocycles. The first-order chi connectivity index (χ1) is 18.1. The molecule has 188 valence electrons. The number of halogens is 1. The van der Waals surface area contributed by atoms with Crippen LogP contribution in [0.25, 0.3) is 11.5 Å². The molecule has 11 heteroatoms. The Morgan fingerprint density at radius 3 is 2.49 bits per heavy atom. The van der Waals surface area contributed by atoms with Gasteiger partial charge in [0.05, 0.1) is 16.9 Å². The molecule has 0 spiro atoms. The van der Waals surface area contributed by atoms with Gasteiger partial charge in [0, 0.05) is 54.4 Å². The Kier molecular flexibility index (Phi) is 7.81. The van der Waals surface area contributed by atoms with E-state index in [4.69, 9.17) is 4.42 Å². The van der Waals surface area contributed by atoms with Crippen LogP contribution in [0, 0.1) is 0 Å². The lowest BCUT2D eigenvalue weighted by atomic mass is 10.1. The molecule has 0 unspecified atom stereocenters. The van der Waals surface area contributed by atoms with Gasteiger partial charge in [0.25, 0.3) is 11.1 Å². The van der Waals surface area contributed by atoms with Crippen molar-refractivity contribution < 1.29 is 14.0 Å². The smallest absolute Gasteiger partial charge is 0.277 e.